The van der Waals surface area contributed by atoms with Crippen molar-refractivity contribution in [2.45, 2.75) is 32.7 Å². The van der Waals surface area contributed by atoms with Gasteiger partial charge in [0.25, 0.3) is 0 Å². The predicted molar refractivity (Wildman–Crippen MR) is 72.7 cm³/mol. The summed E-state index contributed by atoms with van der Waals surface area (Å²) in [7, 11) is 0. The van der Waals surface area contributed by atoms with Gasteiger partial charge in [0.2, 0.25) is 0 Å². The molecular formula is C16H19N. The maximum Gasteiger partial charge on any atom is 0.0450 e. The van der Waals surface area contributed by atoms with Crippen LogP contribution in [0.1, 0.15) is 31.9 Å². The van der Waals surface area contributed by atoms with Crippen LogP contribution in [0.5, 0.6) is 0 Å². The monoisotopic (exact) mass is 225 g/mol. The SMILES string of the molecule is CC1=CC=C2c3ccccc3CC(C)(C)N2C1. The number of rotatable bonds is 0. The van der Waals surface area contributed by atoms with Crippen molar-refractivity contribution >= 4 is 5.70 Å². The minimum absolute atomic E-state index is 0.218. The molecule has 2 aliphatic rings. The van der Waals surface area contributed by atoms with Gasteiger partial charge < -0.3 is 4.90 Å². The fourth-order valence-electron chi connectivity index (χ4n) is 2.96. The topological polar surface area (TPSA) is 3.24 Å². The molecule has 17 heavy (non-hydrogen) atoms. The van der Waals surface area contributed by atoms with Crippen LogP contribution in [-0.2, 0) is 6.42 Å². The first-order chi connectivity index (χ1) is 8.08. The molecule has 1 aromatic carbocycles. The molecule has 0 atom stereocenters. The summed E-state index contributed by atoms with van der Waals surface area (Å²) in [6.07, 6.45) is 5.66. The Morgan fingerprint density at radius 2 is 1.88 bits per heavy atom. The second-order valence-electron chi connectivity index (χ2n) is 5.80. The zero-order chi connectivity index (χ0) is 12.0. The van der Waals surface area contributed by atoms with Crippen LogP contribution in [0, 0.1) is 0 Å². The molecule has 0 aromatic heterocycles. The number of hydrogen-bond donors (Lipinski definition) is 0. The Morgan fingerprint density at radius 1 is 1.12 bits per heavy atom. The average Bonchev–Trinajstić information content (AvgIpc) is 2.29. The normalized spacial score (nSPS) is 21.2. The summed E-state index contributed by atoms with van der Waals surface area (Å²) in [6, 6.07) is 8.80. The molecule has 0 amide bonds. The van der Waals surface area contributed by atoms with E-state index in [9.17, 15) is 0 Å². The molecule has 0 fully saturated rings. The molecule has 2 aliphatic heterocycles. The zero-order valence-electron chi connectivity index (χ0n) is 10.8. The lowest BCUT2D eigenvalue weighted by atomic mass is 9.82. The van der Waals surface area contributed by atoms with Crippen molar-refractivity contribution in [2.75, 3.05) is 6.54 Å². The average molecular weight is 225 g/mol. The predicted octanol–water partition coefficient (Wildman–Crippen LogP) is 3.62. The minimum atomic E-state index is 0.218. The third-order valence-corrected chi connectivity index (χ3v) is 3.87. The van der Waals surface area contributed by atoms with E-state index in [2.05, 4.69) is 62.1 Å². The zero-order valence-corrected chi connectivity index (χ0v) is 10.8. The van der Waals surface area contributed by atoms with Crippen LogP contribution < -0.4 is 0 Å². The largest absolute Gasteiger partial charge is 0.362 e. The highest BCUT2D eigenvalue weighted by molar-refractivity contribution is 5.72. The lowest BCUT2D eigenvalue weighted by Crippen LogP contribution is -2.48. The fraction of sp³-hybridized carbons (Fsp3) is 0.375. The number of benzene rings is 1. The van der Waals surface area contributed by atoms with Gasteiger partial charge in [0.1, 0.15) is 0 Å². The standard InChI is InChI=1S/C16H19N/c1-12-8-9-15-14-7-5-4-6-13(14)10-16(2,3)17(15)11-12/h4-9H,10-11H2,1-3H3. The Bertz CT molecular complexity index is 520. The molecule has 1 nitrogen and oxygen atoms in total. The third-order valence-electron chi connectivity index (χ3n) is 3.87. The van der Waals surface area contributed by atoms with Crippen LogP contribution in [0.2, 0.25) is 0 Å². The van der Waals surface area contributed by atoms with E-state index in [1.165, 1.54) is 22.4 Å². The maximum absolute atomic E-state index is 2.55. The first kappa shape index (κ1) is 10.6. The Morgan fingerprint density at radius 3 is 2.71 bits per heavy atom. The molecule has 0 radical (unpaired) electrons. The minimum Gasteiger partial charge on any atom is -0.362 e. The summed E-state index contributed by atoms with van der Waals surface area (Å²) in [5.74, 6) is 0. The number of allylic oxidation sites excluding steroid dienone is 2. The van der Waals surface area contributed by atoms with Gasteiger partial charge in [-0.05, 0) is 38.8 Å². The van der Waals surface area contributed by atoms with E-state index >= 15 is 0 Å². The molecule has 0 bridgehead atoms. The molecule has 0 saturated carbocycles. The highest BCUT2D eigenvalue weighted by Gasteiger charge is 2.35. The molecule has 0 aliphatic carbocycles. The molecule has 3 rings (SSSR count). The fourth-order valence-corrected chi connectivity index (χ4v) is 2.96. The molecule has 1 heteroatoms. The summed E-state index contributed by atoms with van der Waals surface area (Å²) in [5.41, 5.74) is 5.95. The van der Waals surface area contributed by atoms with Crippen molar-refractivity contribution < 1.29 is 0 Å². The molecule has 0 saturated heterocycles. The quantitative estimate of drug-likeness (QED) is 0.652. The summed E-state index contributed by atoms with van der Waals surface area (Å²) in [5, 5.41) is 0. The van der Waals surface area contributed by atoms with E-state index < -0.39 is 0 Å². The lowest BCUT2D eigenvalue weighted by Gasteiger charge is -2.48. The van der Waals surface area contributed by atoms with Crippen molar-refractivity contribution in [3.05, 3.63) is 53.1 Å². The van der Waals surface area contributed by atoms with Gasteiger partial charge in [-0.25, -0.2) is 0 Å². The van der Waals surface area contributed by atoms with Gasteiger partial charge in [0.15, 0.2) is 0 Å². The highest BCUT2D eigenvalue weighted by Crippen LogP contribution is 2.39. The van der Waals surface area contributed by atoms with E-state index in [4.69, 9.17) is 0 Å². The van der Waals surface area contributed by atoms with E-state index in [0.29, 0.717) is 0 Å². The van der Waals surface area contributed by atoms with Crippen molar-refractivity contribution in [1.82, 2.24) is 4.90 Å². The summed E-state index contributed by atoms with van der Waals surface area (Å²) >= 11 is 0. The number of nitrogens with zero attached hydrogens (tertiary/aromatic N) is 1. The Labute approximate surface area is 103 Å². The van der Waals surface area contributed by atoms with E-state index in [-0.39, 0.29) is 5.54 Å². The Balaban J connectivity index is 2.19. The van der Waals surface area contributed by atoms with Crippen molar-refractivity contribution in [3.8, 4) is 0 Å². The number of fused-ring (bicyclic) bond motifs is 3. The van der Waals surface area contributed by atoms with Gasteiger partial charge in [-0.1, -0.05) is 35.9 Å². The smallest absolute Gasteiger partial charge is 0.0450 e. The van der Waals surface area contributed by atoms with Gasteiger partial charge in [-0.3, -0.25) is 0 Å². The van der Waals surface area contributed by atoms with Crippen LogP contribution in [0.15, 0.2) is 42.0 Å². The molecule has 0 unspecified atom stereocenters. The van der Waals surface area contributed by atoms with Gasteiger partial charge >= 0.3 is 0 Å². The third kappa shape index (κ3) is 1.61. The second-order valence-corrected chi connectivity index (χ2v) is 5.80. The molecule has 88 valence electrons. The van der Waals surface area contributed by atoms with Gasteiger partial charge in [0.05, 0.1) is 0 Å². The Kier molecular flexibility index (Phi) is 2.19. The van der Waals surface area contributed by atoms with E-state index in [1.807, 2.05) is 0 Å². The maximum atomic E-state index is 2.55. The highest BCUT2D eigenvalue weighted by atomic mass is 15.2. The molecular weight excluding hydrogens is 206 g/mol. The molecule has 0 N–H and O–H groups in total. The Hall–Kier alpha value is -1.50. The molecule has 0 spiro atoms. The van der Waals surface area contributed by atoms with Gasteiger partial charge in [0, 0.05) is 23.3 Å². The second kappa shape index (κ2) is 3.49. The van der Waals surface area contributed by atoms with Crippen molar-refractivity contribution in [3.63, 3.8) is 0 Å². The van der Waals surface area contributed by atoms with E-state index in [0.717, 1.165) is 13.0 Å². The van der Waals surface area contributed by atoms with Crippen molar-refractivity contribution in [2.24, 2.45) is 0 Å². The van der Waals surface area contributed by atoms with Gasteiger partial charge in [-0.15, -0.1) is 0 Å². The lowest BCUT2D eigenvalue weighted by molar-refractivity contribution is 0.202. The molecule has 1 aromatic rings. The van der Waals surface area contributed by atoms with E-state index in [1.54, 1.807) is 0 Å². The summed E-state index contributed by atoms with van der Waals surface area (Å²) in [4.78, 5) is 2.55. The van der Waals surface area contributed by atoms with Crippen LogP contribution >= 0.6 is 0 Å². The first-order valence-electron chi connectivity index (χ1n) is 6.31. The molecule has 2 heterocycles. The van der Waals surface area contributed by atoms with Crippen LogP contribution in [0.25, 0.3) is 5.70 Å². The first-order valence-corrected chi connectivity index (χ1v) is 6.31. The summed E-state index contributed by atoms with van der Waals surface area (Å²) < 4.78 is 0. The van der Waals surface area contributed by atoms with Gasteiger partial charge in [-0.2, -0.15) is 0 Å². The summed E-state index contributed by atoms with van der Waals surface area (Å²) in [6.45, 7) is 7.96. The van der Waals surface area contributed by atoms with Crippen LogP contribution in [0.4, 0.5) is 0 Å². The number of hydrogen-bond acceptors (Lipinski definition) is 1. The van der Waals surface area contributed by atoms with Crippen LogP contribution in [-0.4, -0.2) is 17.0 Å². The van der Waals surface area contributed by atoms with Crippen molar-refractivity contribution in [1.29, 1.82) is 0 Å². The van der Waals surface area contributed by atoms with Crippen LogP contribution in [0.3, 0.4) is 0 Å².